The summed E-state index contributed by atoms with van der Waals surface area (Å²) in [5.41, 5.74) is 1.07. The van der Waals surface area contributed by atoms with Crippen LogP contribution in [-0.2, 0) is 9.47 Å². The third kappa shape index (κ3) is 9.39. The lowest BCUT2D eigenvalue weighted by Crippen LogP contribution is -2.42. The van der Waals surface area contributed by atoms with Crippen LogP contribution in [0.25, 0.3) is 0 Å². The van der Waals surface area contributed by atoms with Crippen molar-refractivity contribution in [2.45, 2.75) is 78.4 Å². The van der Waals surface area contributed by atoms with Gasteiger partial charge in [-0.1, -0.05) is 0 Å². The van der Waals surface area contributed by atoms with Crippen molar-refractivity contribution in [1.82, 2.24) is 14.8 Å². The molecular formula is C27H45N5O4. The second-order valence-electron chi connectivity index (χ2n) is 12.0. The van der Waals surface area contributed by atoms with Gasteiger partial charge >= 0.3 is 12.2 Å². The largest absolute Gasteiger partial charge is 0.444 e. The van der Waals surface area contributed by atoms with Crippen LogP contribution < -0.4 is 10.6 Å². The van der Waals surface area contributed by atoms with E-state index in [1.54, 1.807) is 0 Å². The first-order chi connectivity index (χ1) is 16.9. The van der Waals surface area contributed by atoms with E-state index < -0.39 is 11.2 Å². The average Bonchev–Trinajstić information content (AvgIpc) is 2.80. The molecule has 2 aliphatic rings. The molecule has 36 heavy (non-hydrogen) atoms. The van der Waals surface area contributed by atoms with Gasteiger partial charge in [0.15, 0.2) is 0 Å². The minimum Gasteiger partial charge on any atom is -0.444 e. The van der Waals surface area contributed by atoms with Crippen LogP contribution in [-0.4, -0.2) is 77.4 Å². The molecule has 0 atom stereocenters. The number of pyridine rings is 1. The lowest BCUT2D eigenvalue weighted by Gasteiger charge is -2.33. The molecule has 1 aromatic rings. The number of amides is 2. The molecule has 0 spiro atoms. The number of carbonyl (C=O) groups is 2. The fourth-order valence-electron chi connectivity index (χ4n) is 4.45. The fraction of sp³-hybridized carbons (Fsp3) is 0.741. The number of nitrogens with zero attached hydrogens (tertiary/aromatic N) is 3. The average molecular weight is 504 g/mol. The van der Waals surface area contributed by atoms with E-state index in [1.165, 1.54) is 0 Å². The number of ether oxygens (including phenoxy) is 2. The van der Waals surface area contributed by atoms with E-state index in [1.807, 2.05) is 63.7 Å². The van der Waals surface area contributed by atoms with Crippen molar-refractivity contribution in [2.75, 3.05) is 49.9 Å². The van der Waals surface area contributed by atoms with Gasteiger partial charge in [0, 0.05) is 39.3 Å². The minimum atomic E-state index is -0.459. The smallest absolute Gasteiger partial charge is 0.410 e. The van der Waals surface area contributed by atoms with Gasteiger partial charge in [-0.25, -0.2) is 9.59 Å². The summed E-state index contributed by atoms with van der Waals surface area (Å²) in [6.45, 7) is 16.0. The van der Waals surface area contributed by atoms with Crippen LogP contribution in [0.2, 0.25) is 0 Å². The van der Waals surface area contributed by atoms with E-state index in [-0.39, 0.29) is 12.2 Å². The molecule has 2 N–H and O–H groups in total. The minimum absolute atomic E-state index is 0.215. The molecule has 0 aliphatic carbocycles. The first kappa shape index (κ1) is 27.9. The fourth-order valence-corrected chi connectivity index (χ4v) is 4.45. The number of likely N-dealkylation sites (tertiary alicyclic amines) is 2. The number of carbonyl (C=O) groups excluding carboxylic acids is 2. The number of rotatable bonds is 6. The first-order valence-electron chi connectivity index (χ1n) is 13.3. The Bertz CT molecular complexity index is 796. The summed E-state index contributed by atoms with van der Waals surface area (Å²) >= 11 is 0. The summed E-state index contributed by atoms with van der Waals surface area (Å²) in [6, 6.07) is 2.10. The molecule has 2 amide bonds. The van der Waals surface area contributed by atoms with Gasteiger partial charge in [0.25, 0.3) is 0 Å². The number of anilines is 2. The molecule has 3 heterocycles. The van der Waals surface area contributed by atoms with Gasteiger partial charge in [-0.05, 0) is 85.1 Å². The third-order valence-electron chi connectivity index (χ3n) is 6.46. The Morgan fingerprint density at radius 2 is 1.14 bits per heavy atom. The van der Waals surface area contributed by atoms with Crippen LogP contribution in [0.5, 0.6) is 0 Å². The molecule has 0 saturated carbocycles. The Balaban J connectivity index is 1.36. The highest BCUT2D eigenvalue weighted by molar-refractivity contribution is 5.68. The lowest BCUT2D eigenvalue weighted by molar-refractivity contribution is 0.0177. The van der Waals surface area contributed by atoms with Crippen molar-refractivity contribution in [3.63, 3.8) is 0 Å². The molecule has 0 aromatic carbocycles. The predicted molar refractivity (Wildman–Crippen MR) is 142 cm³/mol. The monoisotopic (exact) mass is 503 g/mol. The molecule has 9 nitrogen and oxygen atoms in total. The van der Waals surface area contributed by atoms with E-state index in [0.29, 0.717) is 11.8 Å². The van der Waals surface area contributed by atoms with Gasteiger partial charge in [-0.2, -0.15) is 0 Å². The molecule has 2 saturated heterocycles. The number of piperidine rings is 2. The van der Waals surface area contributed by atoms with E-state index in [4.69, 9.17) is 9.47 Å². The predicted octanol–water partition coefficient (Wildman–Crippen LogP) is 5.20. The SMILES string of the molecule is CC(C)(C)OC(=O)N1CCC(CNc2cncc(NCC3CCN(C(=O)OC(C)(C)C)CC3)c2)CC1. The zero-order chi connectivity index (χ0) is 26.3. The van der Waals surface area contributed by atoms with Gasteiger partial charge < -0.3 is 29.9 Å². The lowest BCUT2D eigenvalue weighted by atomic mass is 9.97. The molecule has 9 heteroatoms. The quantitative estimate of drug-likeness (QED) is 0.551. The van der Waals surface area contributed by atoms with Crippen LogP contribution >= 0.6 is 0 Å². The topological polar surface area (TPSA) is 96.0 Å². The van der Waals surface area contributed by atoms with Crippen LogP contribution in [0.3, 0.4) is 0 Å². The Morgan fingerprint density at radius 1 is 0.778 bits per heavy atom. The van der Waals surface area contributed by atoms with Crippen molar-refractivity contribution < 1.29 is 19.1 Å². The van der Waals surface area contributed by atoms with Crippen molar-refractivity contribution >= 4 is 23.6 Å². The molecule has 2 aliphatic heterocycles. The molecule has 0 unspecified atom stereocenters. The molecule has 0 radical (unpaired) electrons. The van der Waals surface area contributed by atoms with Gasteiger partial charge in [0.2, 0.25) is 0 Å². The maximum absolute atomic E-state index is 12.3. The Morgan fingerprint density at radius 3 is 1.47 bits per heavy atom. The molecule has 202 valence electrons. The van der Waals surface area contributed by atoms with Crippen molar-refractivity contribution in [1.29, 1.82) is 0 Å². The van der Waals surface area contributed by atoms with Crippen LogP contribution in [0, 0.1) is 11.8 Å². The number of nitrogens with one attached hydrogen (secondary N) is 2. The number of hydrogen-bond acceptors (Lipinski definition) is 7. The van der Waals surface area contributed by atoms with Crippen molar-refractivity contribution in [2.24, 2.45) is 11.8 Å². The van der Waals surface area contributed by atoms with Gasteiger partial charge in [0.1, 0.15) is 11.2 Å². The molecule has 2 fully saturated rings. The third-order valence-corrected chi connectivity index (χ3v) is 6.46. The summed E-state index contributed by atoms with van der Waals surface area (Å²) in [5.74, 6) is 1.02. The maximum Gasteiger partial charge on any atom is 0.410 e. The highest BCUT2D eigenvalue weighted by atomic mass is 16.6. The Kier molecular flexibility index (Phi) is 9.30. The highest BCUT2D eigenvalue weighted by Gasteiger charge is 2.28. The summed E-state index contributed by atoms with van der Waals surface area (Å²) < 4.78 is 11.0. The number of hydrogen-bond donors (Lipinski definition) is 2. The number of aromatic nitrogens is 1. The first-order valence-corrected chi connectivity index (χ1v) is 13.3. The van der Waals surface area contributed by atoms with Crippen molar-refractivity contribution in [3.05, 3.63) is 18.5 Å². The molecular weight excluding hydrogens is 458 g/mol. The molecule has 1 aromatic heterocycles. The van der Waals surface area contributed by atoms with Gasteiger partial charge in [-0.3, -0.25) is 4.98 Å². The van der Waals surface area contributed by atoms with E-state index in [9.17, 15) is 9.59 Å². The van der Waals surface area contributed by atoms with E-state index >= 15 is 0 Å². The standard InChI is InChI=1S/C27H45N5O4/c1-26(2,3)35-24(33)31-11-7-20(8-12-31)16-29-22-15-23(19-28-18-22)30-17-21-9-13-32(14-10-21)25(34)36-27(4,5)6/h15,18-21,29-30H,7-14,16-17H2,1-6H3. The molecule has 0 bridgehead atoms. The highest BCUT2D eigenvalue weighted by Crippen LogP contribution is 2.23. The summed E-state index contributed by atoms with van der Waals surface area (Å²) in [7, 11) is 0. The van der Waals surface area contributed by atoms with Gasteiger partial charge in [0.05, 0.1) is 23.8 Å². The van der Waals surface area contributed by atoms with Gasteiger partial charge in [-0.15, -0.1) is 0 Å². The Labute approximate surface area is 216 Å². The van der Waals surface area contributed by atoms with Crippen LogP contribution in [0.1, 0.15) is 67.2 Å². The summed E-state index contributed by atoms with van der Waals surface area (Å²) in [5, 5.41) is 7.03. The maximum atomic E-state index is 12.3. The second kappa shape index (κ2) is 12.0. The van der Waals surface area contributed by atoms with E-state index in [2.05, 4.69) is 21.7 Å². The molecule has 3 rings (SSSR count). The van der Waals surface area contributed by atoms with E-state index in [0.717, 1.165) is 76.3 Å². The van der Waals surface area contributed by atoms with Crippen LogP contribution in [0.4, 0.5) is 21.0 Å². The second-order valence-corrected chi connectivity index (χ2v) is 12.0. The summed E-state index contributed by atoms with van der Waals surface area (Å²) in [6.07, 6.45) is 7.10. The summed E-state index contributed by atoms with van der Waals surface area (Å²) in [4.78, 5) is 32.5. The zero-order valence-corrected chi connectivity index (χ0v) is 22.9. The zero-order valence-electron chi connectivity index (χ0n) is 22.9. The normalized spacial score (nSPS) is 18.1. The Hall–Kier alpha value is -2.71. The van der Waals surface area contributed by atoms with Crippen LogP contribution in [0.15, 0.2) is 18.5 Å². The van der Waals surface area contributed by atoms with Crippen molar-refractivity contribution in [3.8, 4) is 0 Å².